The molecule has 4 rings (SSSR count). The fraction of sp³-hybridized carbons (Fsp3) is 0.636. The summed E-state index contributed by atoms with van der Waals surface area (Å²) in [5.74, 6) is 1.53. The summed E-state index contributed by atoms with van der Waals surface area (Å²) in [7, 11) is 4.17. The van der Waals surface area contributed by atoms with E-state index in [0.717, 1.165) is 64.2 Å². The molecule has 0 unspecified atom stereocenters. The molecule has 8 heteroatoms. The Morgan fingerprint density at radius 1 is 1.17 bits per heavy atom. The third-order valence-corrected chi connectivity index (χ3v) is 7.12. The van der Waals surface area contributed by atoms with Gasteiger partial charge in [0.05, 0.1) is 5.54 Å². The minimum absolute atomic E-state index is 0.197. The maximum atomic E-state index is 13.3. The Kier molecular flexibility index (Phi) is 6.43. The number of tetrazole rings is 1. The number of rotatable bonds is 6. The summed E-state index contributed by atoms with van der Waals surface area (Å²) < 4.78 is 0. The van der Waals surface area contributed by atoms with Crippen LogP contribution in [-0.2, 0) is 10.3 Å². The molecule has 2 aliphatic heterocycles. The number of amides is 1. The summed E-state index contributed by atoms with van der Waals surface area (Å²) in [6.45, 7) is 4.80. The average molecular weight is 412 g/mol. The van der Waals surface area contributed by atoms with Gasteiger partial charge in [0.15, 0.2) is 5.82 Å². The monoisotopic (exact) mass is 411 g/mol. The van der Waals surface area contributed by atoms with Gasteiger partial charge in [-0.05, 0) is 61.8 Å². The molecular formula is C22H33N7O. The van der Waals surface area contributed by atoms with Gasteiger partial charge in [-0.25, -0.2) is 5.10 Å². The van der Waals surface area contributed by atoms with E-state index in [-0.39, 0.29) is 11.4 Å². The van der Waals surface area contributed by atoms with Crippen LogP contribution in [-0.4, -0.2) is 88.1 Å². The molecule has 3 heterocycles. The van der Waals surface area contributed by atoms with E-state index in [1.54, 1.807) is 0 Å². The smallest absolute Gasteiger partial charge is 0.224 e. The molecule has 2 fully saturated rings. The van der Waals surface area contributed by atoms with Gasteiger partial charge in [-0.15, -0.1) is 5.10 Å². The van der Waals surface area contributed by atoms with E-state index in [1.165, 1.54) is 5.56 Å². The lowest BCUT2D eigenvalue weighted by atomic mass is 9.79. The van der Waals surface area contributed by atoms with Crippen molar-refractivity contribution in [2.45, 2.75) is 43.6 Å². The number of aromatic nitrogens is 4. The van der Waals surface area contributed by atoms with Crippen molar-refractivity contribution >= 4 is 5.91 Å². The number of hydrogen-bond donors (Lipinski definition) is 1. The first-order valence-electron chi connectivity index (χ1n) is 11.1. The van der Waals surface area contributed by atoms with Crippen LogP contribution >= 0.6 is 0 Å². The summed E-state index contributed by atoms with van der Waals surface area (Å²) in [5, 5.41) is 14.3. The van der Waals surface area contributed by atoms with Crippen LogP contribution in [0.3, 0.4) is 0 Å². The first-order chi connectivity index (χ1) is 14.6. The summed E-state index contributed by atoms with van der Waals surface area (Å²) in [6, 6.07) is 10.6. The standard InChI is InChI=1S/C22H33N7O/c1-27-16-11-22(12-17-27,19-6-4-3-5-7-19)28(2)20(30)10-15-29-13-8-18(9-14-29)21-23-25-26-24-21/h3-7,18H,8-17H2,1-2H3,(H,23,24,25,26). The number of nitrogens with one attached hydrogen (secondary N) is 1. The van der Waals surface area contributed by atoms with Crippen LogP contribution in [0, 0.1) is 0 Å². The quantitative estimate of drug-likeness (QED) is 0.781. The Morgan fingerprint density at radius 2 is 1.87 bits per heavy atom. The molecule has 2 saturated heterocycles. The third-order valence-electron chi connectivity index (χ3n) is 7.12. The van der Waals surface area contributed by atoms with Gasteiger partial charge in [0.1, 0.15) is 0 Å². The molecule has 2 aliphatic rings. The molecule has 0 aliphatic carbocycles. The Bertz CT molecular complexity index is 794. The molecule has 2 aromatic rings. The van der Waals surface area contributed by atoms with E-state index >= 15 is 0 Å². The first kappa shape index (κ1) is 20.9. The number of H-pyrrole nitrogens is 1. The highest BCUT2D eigenvalue weighted by Crippen LogP contribution is 2.38. The van der Waals surface area contributed by atoms with Gasteiger partial charge in [0, 0.05) is 39.0 Å². The maximum Gasteiger partial charge on any atom is 0.224 e. The zero-order valence-electron chi connectivity index (χ0n) is 18.1. The maximum absolute atomic E-state index is 13.3. The van der Waals surface area contributed by atoms with Crippen LogP contribution in [0.4, 0.5) is 0 Å². The van der Waals surface area contributed by atoms with E-state index in [0.29, 0.717) is 12.3 Å². The highest BCUT2D eigenvalue weighted by molar-refractivity contribution is 5.77. The molecule has 0 spiro atoms. The van der Waals surface area contributed by atoms with Crippen LogP contribution in [0.25, 0.3) is 0 Å². The summed E-state index contributed by atoms with van der Waals surface area (Å²) in [6.07, 6.45) is 4.58. The minimum Gasteiger partial charge on any atom is -0.336 e. The number of benzene rings is 1. The normalized spacial score (nSPS) is 20.9. The molecule has 8 nitrogen and oxygen atoms in total. The number of nitrogens with zero attached hydrogens (tertiary/aromatic N) is 6. The molecular weight excluding hydrogens is 378 g/mol. The number of carbonyl (C=O) groups is 1. The summed E-state index contributed by atoms with van der Waals surface area (Å²) >= 11 is 0. The van der Waals surface area contributed by atoms with E-state index in [2.05, 4.69) is 61.7 Å². The van der Waals surface area contributed by atoms with Gasteiger partial charge in [-0.1, -0.05) is 30.3 Å². The van der Waals surface area contributed by atoms with E-state index in [9.17, 15) is 4.79 Å². The molecule has 0 atom stereocenters. The van der Waals surface area contributed by atoms with Crippen molar-refractivity contribution in [1.29, 1.82) is 0 Å². The number of piperidine rings is 2. The molecule has 0 saturated carbocycles. The number of aromatic amines is 1. The Balaban J connectivity index is 1.35. The Labute approximate surface area is 178 Å². The highest BCUT2D eigenvalue weighted by Gasteiger charge is 2.41. The van der Waals surface area contributed by atoms with Gasteiger partial charge >= 0.3 is 0 Å². The second-order valence-corrected chi connectivity index (χ2v) is 8.81. The van der Waals surface area contributed by atoms with E-state index in [4.69, 9.17) is 0 Å². The molecule has 1 aromatic heterocycles. The molecule has 30 heavy (non-hydrogen) atoms. The topological polar surface area (TPSA) is 81.2 Å². The number of likely N-dealkylation sites (tertiary alicyclic amines) is 2. The zero-order valence-corrected chi connectivity index (χ0v) is 18.1. The Morgan fingerprint density at radius 3 is 2.50 bits per heavy atom. The predicted octanol–water partition coefficient (Wildman–Crippen LogP) is 1.85. The van der Waals surface area contributed by atoms with Crippen LogP contribution < -0.4 is 0 Å². The molecule has 1 N–H and O–H groups in total. The molecule has 1 amide bonds. The fourth-order valence-corrected chi connectivity index (χ4v) is 4.98. The van der Waals surface area contributed by atoms with E-state index < -0.39 is 0 Å². The molecule has 0 radical (unpaired) electrons. The minimum atomic E-state index is -0.197. The molecule has 1 aromatic carbocycles. The molecule has 162 valence electrons. The third kappa shape index (κ3) is 4.39. The van der Waals surface area contributed by atoms with Gasteiger partial charge in [-0.2, -0.15) is 0 Å². The van der Waals surface area contributed by atoms with Gasteiger partial charge in [0.2, 0.25) is 5.91 Å². The van der Waals surface area contributed by atoms with Crippen LogP contribution in [0.2, 0.25) is 0 Å². The second kappa shape index (κ2) is 9.22. The lowest BCUT2D eigenvalue weighted by Gasteiger charge is -2.47. The van der Waals surface area contributed by atoms with Crippen molar-refractivity contribution in [3.63, 3.8) is 0 Å². The summed E-state index contributed by atoms with van der Waals surface area (Å²) in [5.41, 5.74) is 1.06. The predicted molar refractivity (Wildman–Crippen MR) is 115 cm³/mol. The highest BCUT2D eigenvalue weighted by atomic mass is 16.2. The number of hydrogen-bond acceptors (Lipinski definition) is 6. The lowest BCUT2D eigenvalue weighted by molar-refractivity contribution is -0.138. The zero-order chi connectivity index (χ0) is 21.0. The van der Waals surface area contributed by atoms with Crippen LogP contribution in [0.5, 0.6) is 0 Å². The Hall–Kier alpha value is -2.32. The van der Waals surface area contributed by atoms with E-state index in [1.807, 2.05) is 18.0 Å². The van der Waals surface area contributed by atoms with Crippen LogP contribution in [0.15, 0.2) is 30.3 Å². The summed E-state index contributed by atoms with van der Waals surface area (Å²) in [4.78, 5) is 20.0. The van der Waals surface area contributed by atoms with Gasteiger partial charge < -0.3 is 14.7 Å². The van der Waals surface area contributed by atoms with Gasteiger partial charge in [-0.3, -0.25) is 4.79 Å². The fourth-order valence-electron chi connectivity index (χ4n) is 4.98. The van der Waals surface area contributed by atoms with Gasteiger partial charge in [0.25, 0.3) is 0 Å². The molecule has 0 bridgehead atoms. The number of carbonyl (C=O) groups excluding carboxylic acids is 1. The largest absolute Gasteiger partial charge is 0.336 e. The van der Waals surface area contributed by atoms with Crippen LogP contribution in [0.1, 0.15) is 49.4 Å². The SMILES string of the molecule is CN1CCC(c2ccccc2)(N(C)C(=O)CCN2CCC(c3nnn[nH]3)CC2)CC1. The van der Waals surface area contributed by atoms with Crippen molar-refractivity contribution in [1.82, 2.24) is 35.3 Å². The first-order valence-corrected chi connectivity index (χ1v) is 11.1. The van der Waals surface area contributed by atoms with Crippen molar-refractivity contribution in [3.05, 3.63) is 41.7 Å². The second-order valence-electron chi connectivity index (χ2n) is 8.81. The lowest BCUT2D eigenvalue weighted by Crippen LogP contribution is -2.53. The van der Waals surface area contributed by atoms with Crippen molar-refractivity contribution < 1.29 is 4.79 Å². The van der Waals surface area contributed by atoms with Crippen molar-refractivity contribution in [2.75, 3.05) is 46.8 Å². The van der Waals surface area contributed by atoms with Crippen molar-refractivity contribution in [3.8, 4) is 0 Å². The van der Waals surface area contributed by atoms with Crippen molar-refractivity contribution in [2.24, 2.45) is 0 Å². The average Bonchev–Trinajstić information content (AvgIpc) is 3.34.